The summed E-state index contributed by atoms with van der Waals surface area (Å²) in [6, 6.07) is 12.4. The van der Waals surface area contributed by atoms with Crippen LogP contribution in [0.15, 0.2) is 47.8 Å². The molecule has 1 fully saturated rings. The highest BCUT2D eigenvalue weighted by atomic mass is 32.1. The molecule has 146 valence electrons. The third-order valence-electron chi connectivity index (χ3n) is 5.46. The maximum Gasteiger partial charge on any atom is 0.307 e. The van der Waals surface area contributed by atoms with Crippen LogP contribution in [0.3, 0.4) is 0 Å². The van der Waals surface area contributed by atoms with Gasteiger partial charge in [0.05, 0.1) is 19.1 Å². The van der Waals surface area contributed by atoms with Gasteiger partial charge in [-0.1, -0.05) is 18.2 Å². The first kappa shape index (κ1) is 18.9. The largest absolute Gasteiger partial charge is 0.496 e. The van der Waals surface area contributed by atoms with Gasteiger partial charge in [0, 0.05) is 16.8 Å². The maximum absolute atomic E-state index is 14.2. The number of likely N-dealkylation sites (tertiary alicyclic amines) is 1. The number of rotatable bonds is 5. The number of piperidine rings is 1. The third kappa shape index (κ3) is 3.50. The van der Waals surface area contributed by atoms with Gasteiger partial charge in [0.25, 0.3) is 0 Å². The summed E-state index contributed by atoms with van der Waals surface area (Å²) < 4.78 is 20.9. The Morgan fingerprint density at radius 3 is 2.89 bits per heavy atom. The van der Waals surface area contributed by atoms with E-state index in [9.17, 15) is 14.3 Å². The molecule has 0 saturated carbocycles. The number of methoxy groups -OCH3 is 1. The molecule has 3 aromatic rings. The highest BCUT2D eigenvalue weighted by molar-refractivity contribution is 7.17. The van der Waals surface area contributed by atoms with Crippen molar-refractivity contribution < 1.29 is 19.0 Å². The van der Waals surface area contributed by atoms with E-state index in [-0.39, 0.29) is 11.9 Å². The fourth-order valence-corrected chi connectivity index (χ4v) is 5.11. The molecule has 6 heteroatoms. The van der Waals surface area contributed by atoms with Crippen LogP contribution in [0.25, 0.3) is 10.1 Å². The lowest BCUT2D eigenvalue weighted by Gasteiger charge is -2.37. The molecule has 1 N–H and O–H groups in total. The van der Waals surface area contributed by atoms with Gasteiger partial charge in [-0.3, -0.25) is 9.69 Å². The second kappa shape index (κ2) is 7.89. The van der Waals surface area contributed by atoms with Crippen molar-refractivity contribution in [2.75, 3.05) is 20.2 Å². The number of carboxylic acids is 1. The minimum Gasteiger partial charge on any atom is -0.496 e. The van der Waals surface area contributed by atoms with Gasteiger partial charge >= 0.3 is 5.97 Å². The van der Waals surface area contributed by atoms with Gasteiger partial charge in [-0.15, -0.1) is 11.3 Å². The second-order valence-corrected chi connectivity index (χ2v) is 8.06. The summed E-state index contributed by atoms with van der Waals surface area (Å²) in [5.74, 6) is -0.906. The van der Waals surface area contributed by atoms with Crippen molar-refractivity contribution in [2.24, 2.45) is 5.92 Å². The maximum atomic E-state index is 14.2. The molecule has 2 unspecified atom stereocenters. The summed E-state index contributed by atoms with van der Waals surface area (Å²) in [5.41, 5.74) is 1.80. The Labute approximate surface area is 167 Å². The van der Waals surface area contributed by atoms with E-state index in [1.807, 2.05) is 12.1 Å². The van der Waals surface area contributed by atoms with E-state index in [1.54, 1.807) is 24.5 Å². The third-order valence-corrected chi connectivity index (χ3v) is 6.44. The molecular formula is C22H22FNO3S. The van der Waals surface area contributed by atoms with Crippen molar-refractivity contribution in [3.63, 3.8) is 0 Å². The van der Waals surface area contributed by atoms with Crippen molar-refractivity contribution >= 4 is 27.4 Å². The second-order valence-electron chi connectivity index (χ2n) is 7.15. The van der Waals surface area contributed by atoms with Gasteiger partial charge in [0.2, 0.25) is 0 Å². The molecule has 0 bridgehead atoms. The Morgan fingerprint density at radius 1 is 1.29 bits per heavy atom. The van der Waals surface area contributed by atoms with Gasteiger partial charge < -0.3 is 9.84 Å². The molecule has 0 aliphatic carbocycles. The molecule has 2 heterocycles. The summed E-state index contributed by atoms with van der Waals surface area (Å²) in [6.45, 7) is 1.20. The van der Waals surface area contributed by atoms with Crippen LogP contribution in [0, 0.1) is 11.7 Å². The number of benzene rings is 2. The van der Waals surface area contributed by atoms with Gasteiger partial charge in [-0.2, -0.15) is 0 Å². The SMILES string of the molecule is COc1ccc(F)cc1C(c1csc2ccccc12)N1CCCC(C(=O)O)C1. The molecule has 4 nitrogen and oxygen atoms in total. The van der Waals surface area contributed by atoms with Crippen molar-refractivity contribution in [1.82, 2.24) is 4.90 Å². The number of hydrogen-bond donors (Lipinski definition) is 1. The molecule has 0 amide bonds. The summed E-state index contributed by atoms with van der Waals surface area (Å²) in [6.07, 6.45) is 1.47. The number of aliphatic carboxylic acids is 1. The predicted molar refractivity (Wildman–Crippen MR) is 109 cm³/mol. The predicted octanol–water partition coefficient (Wildman–Crippen LogP) is 4.94. The highest BCUT2D eigenvalue weighted by Crippen LogP contribution is 2.42. The zero-order valence-electron chi connectivity index (χ0n) is 15.6. The summed E-state index contributed by atoms with van der Waals surface area (Å²) in [5, 5.41) is 12.8. The molecule has 0 radical (unpaired) electrons. The van der Waals surface area contributed by atoms with E-state index in [4.69, 9.17) is 4.74 Å². The first-order valence-corrected chi connectivity index (χ1v) is 10.2. The van der Waals surface area contributed by atoms with Crippen LogP contribution in [0.4, 0.5) is 4.39 Å². The summed E-state index contributed by atoms with van der Waals surface area (Å²) in [7, 11) is 1.58. The van der Waals surface area contributed by atoms with E-state index >= 15 is 0 Å². The standard InChI is InChI=1S/C22H22FNO3S/c1-27-19-9-8-15(23)11-17(19)21(24-10-4-5-14(12-24)22(25)26)18-13-28-20-7-3-2-6-16(18)20/h2-3,6-9,11,13-14,21H,4-5,10,12H2,1H3,(H,25,26). The van der Waals surface area contributed by atoms with Gasteiger partial charge in [0.15, 0.2) is 0 Å². The van der Waals surface area contributed by atoms with Crippen molar-refractivity contribution in [3.8, 4) is 5.75 Å². The van der Waals surface area contributed by atoms with E-state index in [0.29, 0.717) is 18.7 Å². The lowest BCUT2D eigenvalue weighted by atomic mass is 9.90. The zero-order chi connectivity index (χ0) is 19.7. The molecule has 1 aliphatic rings. The quantitative estimate of drug-likeness (QED) is 0.661. The Balaban J connectivity index is 1.87. The van der Waals surface area contributed by atoms with Crippen LogP contribution in [0.5, 0.6) is 5.75 Å². The topological polar surface area (TPSA) is 49.8 Å². The number of carboxylic acid groups (broad SMARTS) is 1. The fraction of sp³-hybridized carbons (Fsp3) is 0.318. The Bertz CT molecular complexity index is 1000. The fourth-order valence-electron chi connectivity index (χ4n) is 4.13. The molecule has 2 aromatic carbocycles. The van der Waals surface area contributed by atoms with Crippen LogP contribution in [-0.4, -0.2) is 36.2 Å². The van der Waals surface area contributed by atoms with Crippen molar-refractivity contribution in [1.29, 1.82) is 0 Å². The normalized spacial score (nSPS) is 18.9. The molecular weight excluding hydrogens is 377 g/mol. The zero-order valence-corrected chi connectivity index (χ0v) is 16.4. The monoisotopic (exact) mass is 399 g/mol. The highest BCUT2D eigenvalue weighted by Gasteiger charge is 2.34. The first-order valence-electron chi connectivity index (χ1n) is 9.35. The lowest BCUT2D eigenvalue weighted by molar-refractivity contribution is -0.143. The van der Waals surface area contributed by atoms with Crippen LogP contribution < -0.4 is 4.74 Å². The molecule has 2 atom stereocenters. The Morgan fingerprint density at radius 2 is 2.11 bits per heavy atom. The lowest BCUT2D eigenvalue weighted by Crippen LogP contribution is -2.41. The number of carbonyl (C=O) groups is 1. The number of thiophene rings is 1. The van der Waals surface area contributed by atoms with Crippen LogP contribution >= 0.6 is 11.3 Å². The minimum absolute atomic E-state index is 0.260. The molecule has 1 aromatic heterocycles. The number of fused-ring (bicyclic) bond motifs is 1. The molecule has 28 heavy (non-hydrogen) atoms. The van der Waals surface area contributed by atoms with E-state index in [0.717, 1.165) is 34.2 Å². The molecule has 0 spiro atoms. The van der Waals surface area contributed by atoms with Crippen molar-refractivity contribution in [2.45, 2.75) is 18.9 Å². The molecule has 4 rings (SSSR count). The van der Waals surface area contributed by atoms with Crippen molar-refractivity contribution in [3.05, 3.63) is 64.8 Å². The summed E-state index contributed by atoms with van der Waals surface area (Å²) in [4.78, 5) is 13.8. The molecule has 1 saturated heterocycles. The average molecular weight is 399 g/mol. The smallest absolute Gasteiger partial charge is 0.307 e. The van der Waals surface area contributed by atoms with E-state index in [2.05, 4.69) is 22.4 Å². The van der Waals surface area contributed by atoms with E-state index in [1.165, 1.54) is 12.1 Å². The first-order chi connectivity index (χ1) is 13.6. The Hall–Kier alpha value is -2.44. The number of nitrogens with zero attached hydrogens (tertiary/aromatic N) is 1. The van der Waals surface area contributed by atoms with Gasteiger partial charge in [-0.05, 0) is 60.0 Å². The number of ether oxygens (including phenoxy) is 1. The van der Waals surface area contributed by atoms with Gasteiger partial charge in [-0.25, -0.2) is 4.39 Å². The van der Waals surface area contributed by atoms with E-state index < -0.39 is 11.9 Å². The number of halogens is 1. The molecule has 1 aliphatic heterocycles. The van der Waals surface area contributed by atoms with Crippen LogP contribution in [0.1, 0.15) is 30.0 Å². The van der Waals surface area contributed by atoms with Gasteiger partial charge in [0.1, 0.15) is 11.6 Å². The number of hydrogen-bond acceptors (Lipinski definition) is 4. The van der Waals surface area contributed by atoms with Crippen LogP contribution in [-0.2, 0) is 4.79 Å². The van der Waals surface area contributed by atoms with Crippen LogP contribution in [0.2, 0.25) is 0 Å². The average Bonchev–Trinajstić information content (AvgIpc) is 3.13. The summed E-state index contributed by atoms with van der Waals surface area (Å²) >= 11 is 1.65. The minimum atomic E-state index is -0.773. The Kier molecular flexibility index (Phi) is 5.33.